The highest BCUT2D eigenvalue weighted by Gasteiger charge is 2.18. The van der Waals surface area contributed by atoms with Crippen molar-refractivity contribution >= 4 is 28.2 Å². The summed E-state index contributed by atoms with van der Waals surface area (Å²) >= 11 is 1.64. The predicted molar refractivity (Wildman–Crippen MR) is 95.6 cm³/mol. The second kappa shape index (κ2) is 6.98. The minimum absolute atomic E-state index is 0.0300. The van der Waals surface area contributed by atoms with Crippen molar-refractivity contribution in [1.82, 2.24) is 10.2 Å². The molecule has 6 heteroatoms. The zero-order valence-electron chi connectivity index (χ0n) is 13.5. The minimum atomic E-state index is -0.388. The fourth-order valence-electron chi connectivity index (χ4n) is 2.51. The summed E-state index contributed by atoms with van der Waals surface area (Å²) in [5.74, 6) is -0.358. The van der Waals surface area contributed by atoms with Crippen LogP contribution in [0.15, 0.2) is 57.1 Å². The lowest BCUT2D eigenvalue weighted by molar-refractivity contribution is 0.0915. The number of para-hydroxylation sites is 1. The zero-order chi connectivity index (χ0) is 17.1. The maximum Gasteiger partial charge on any atom is 0.287 e. The van der Waals surface area contributed by atoms with Crippen molar-refractivity contribution in [2.75, 3.05) is 20.6 Å². The van der Waals surface area contributed by atoms with Gasteiger partial charge in [0.1, 0.15) is 5.58 Å². The number of likely N-dealkylation sites (N-methyl/N-ethyl adjacent to an activating group) is 1. The molecule has 1 aromatic carbocycles. The number of nitrogens with one attached hydrogen (secondary N) is 1. The number of thiophene rings is 1. The number of amides is 1. The van der Waals surface area contributed by atoms with Crippen LogP contribution in [0.3, 0.4) is 0 Å². The van der Waals surface area contributed by atoms with E-state index in [0.717, 1.165) is 0 Å². The van der Waals surface area contributed by atoms with Gasteiger partial charge in [-0.3, -0.25) is 9.59 Å². The summed E-state index contributed by atoms with van der Waals surface area (Å²) in [4.78, 5) is 27.7. The van der Waals surface area contributed by atoms with Crippen molar-refractivity contribution in [1.29, 1.82) is 0 Å². The minimum Gasteiger partial charge on any atom is -0.451 e. The maximum absolute atomic E-state index is 12.4. The van der Waals surface area contributed by atoms with E-state index in [0.29, 0.717) is 17.5 Å². The first-order valence-electron chi connectivity index (χ1n) is 7.57. The first kappa shape index (κ1) is 16.4. The Labute approximate surface area is 143 Å². The molecule has 0 aliphatic carbocycles. The number of benzene rings is 1. The first-order valence-corrected chi connectivity index (χ1v) is 8.45. The van der Waals surface area contributed by atoms with Gasteiger partial charge in [-0.15, -0.1) is 11.3 Å². The molecule has 0 saturated heterocycles. The van der Waals surface area contributed by atoms with E-state index < -0.39 is 0 Å². The molecule has 1 N–H and O–H groups in total. The molecule has 0 bridgehead atoms. The third-order valence-corrected chi connectivity index (χ3v) is 4.78. The van der Waals surface area contributed by atoms with E-state index in [9.17, 15) is 9.59 Å². The summed E-state index contributed by atoms with van der Waals surface area (Å²) in [5.41, 5.74) is 0.196. The highest BCUT2D eigenvalue weighted by atomic mass is 32.1. The van der Waals surface area contributed by atoms with Crippen molar-refractivity contribution in [2.24, 2.45) is 0 Å². The Balaban J connectivity index is 1.79. The molecule has 124 valence electrons. The Morgan fingerprint density at radius 2 is 2.04 bits per heavy atom. The topological polar surface area (TPSA) is 62.6 Å². The highest BCUT2D eigenvalue weighted by Crippen LogP contribution is 2.22. The van der Waals surface area contributed by atoms with E-state index >= 15 is 0 Å². The Morgan fingerprint density at radius 3 is 2.75 bits per heavy atom. The van der Waals surface area contributed by atoms with Gasteiger partial charge in [0, 0.05) is 17.5 Å². The molecular formula is C18H18N2O3S. The third kappa shape index (κ3) is 3.39. The van der Waals surface area contributed by atoms with E-state index in [1.807, 2.05) is 36.5 Å². The van der Waals surface area contributed by atoms with Crippen molar-refractivity contribution in [3.05, 3.63) is 68.7 Å². The van der Waals surface area contributed by atoms with Gasteiger partial charge in [0.25, 0.3) is 5.91 Å². The van der Waals surface area contributed by atoms with Crippen molar-refractivity contribution in [3.63, 3.8) is 0 Å². The molecule has 2 heterocycles. The van der Waals surface area contributed by atoms with E-state index in [4.69, 9.17) is 4.42 Å². The van der Waals surface area contributed by atoms with Crippen molar-refractivity contribution in [2.45, 2.75) is 6.04 Å². The van der Waals surface area contributed by atoms with Crippen LogP contribution in [0.2, 0.25) is 0 Å². The van der Waals surface area contributed by atoms with E-state index in [2.05, 4.69) is 5.32 Å². The van der Waals surface area contributed by atoms with E-state index in [1.54, 1.807) is 35.6 Å². The van der Waals surface area contributed by atoms with Crippen LogP contribution in [-0.2, 0) is 0 Å². The van der Waals surface area contributed by atoms with Crippen LogP contribution < -0.4 is 10.7 Å². The number of rotatable bonds is 5. The van der Waals surface area contributed by atoms with Gasteiger partial charge in [-0.2, -0.15) is 0 Å². The monoisotopic (exact) mass is 342 g/mol. The van der Waals surface area contributed by atoms with E-state index in [1.165, 1.54) is 10.9 Å². The molecule has 5 nitrogen and oxygen atoms in total. The molecule has 0 aliphatic heterocycles. The molecular weight excluding hydrogens is 324 g/mol. The Bertz CT molecular complexity index is 900. The van der Waals surface area contributed by atoms with Gasteiger partial charge < -0.3 is 14.6 Å². The lowest BCUT2D eigenvalue weighted by Gasteiger charge is -2.23. The summed E-state index contributed by atoms with van der Waals surface area (Å²) < 4.78 is 5.56. The van der Waals surface area contributed by atoms with Gasteiger partial charge >= 0.3 is 0 Å². The van der Waals surface area contributed by atoms with Crippen molar-refractivity contribution < 1.29 is 9.21 Å². The first-order chi connectivity index (χ1) is 11.6. The average Bonchev–Trinajstić information content (AvgIpc) is 3.08. The molecule has 0 saturated carbocycles. The highest BCUT2D eigenvalue weighted by molar-refractivity contribution is 7.10. The molecule has 1 unspecified atom stereocenters. The van der Waals surface area contributed by atoms with Gasteiger partial charge in [0.05, 0.1) is 11.4 Å². The molecule has 0 radical (unpaired) electrons. The zero-order valence-corrected chi connectivity index (χ0v) is 14.3. The Morgan fingerprint density at radius 1 is 1.25 bits per heavy atom. The quantitative estimate of drug-likeness (QED) is 0.774. The normalized spacial score (nSPS) is 12.5. The SMILES string of the molecule is CN(C)C(CNC(=O)c1cc(=O)c2ccccc2o1)c1cccs1. The van der Waals surface area contributed by atoms with Gasteiger partial charge in [-0.1, -0.05) is 18.2 Å². The number of hydrogen-bond donors (Lipinski definition) is 1. The van der Waals surface area contributed by atoms with Crippen LogP contribution in [0.1, 0.15) is 21.5 Å². The van der Waals surface area contributed by atoms with Crippen LogP contribution in [0, 0.1) is 0 Å². The lowest BCUT2D eigenvalue weighted by atomic mass is 10.2. The summed E-state index contributed by atoms with van der Waals surface area (Å²) in [6.45, 7) is 0.433. The van der Waals surface area contributed by atoms with Crippen LogP contribution in [0.5, 0.6) is 0 Å². The fraction of sp³-hybridized carbons (Fsp3) is 0.222. The number of fused-ring (bicyclic) bond motifs is 1. The molecule has 0 fully saturated rings. The number of nitrogens with zero attached hydrogens (tertiary/aromatic N) is 1. The Hall–Kier alpha value is -2.44. The smallest absolute Gasteiger partial charge is 0.287 e. The van der Waals surface area contributed by atoms with Gasteiger partial charge in [0.15, 0.2) is 11.2 Å². The van der Waals surface area contributed by atoms with Crippen LogP contribution >= 0.6 is 11.3 Å². The van der Waals surface area contributed by atoms with Crippen molar-refractivity contribution in [3.8, 4) is 0 Å². The van der Waals surface area contributed by atoms with Crippen LogP contribution in [0.25, 0.3) is 11.0 Å². The van der Waals surface area contributed by atoms with Gasteiger partial charge in [0.2, 0.25) is 0 Å². The summed E-state index contributed by atoms with van der Waals surface area (Å²) in [7, 11) is 3.93. The second-order valence-corrected chi connectivity index (χ2v) is 6.66. The standard InChI is InChI=1S/C18H18N2O3S/c1-20(2)13(17-8-5-9-24-17)11-19-18(22)16-10-14(21)12-6-3-4-7-15(12)23-16/h3-10,13H,11H2,1-2H3,(H,19,22). The molecule has 3 aromatic rings. The molecule has 1 atom stereocenters. The maximum atomic E-state index is 12.4. The van der Waals surface area contributed by atoms with Crippen LogP contribution in [0.4, 0.5) is 0 Å². The average molecular weight is 342 g/mol. The fourth-order valence-corrected chi connectivity index (χ4v) is 3.43. The van der Waals surface area contributed by atoms with Gasteiger partial charge in [-0.05, 0) is 37.7 Å². The molecule has 0 aliphatic rings. The summed E-state index contributed by atoms with van der Waals surface area (Å²) in [5, 5.41) is 5.34. The van der Waals surface area contributed by atoms with Crippen LogP contribution in [-0.4, -0.2) is 31.4 Å². The number of carbonyl (C=O) groups is 1. The third-order valence-electron chi connectivity index (χ3n) is 3.81. The largest absolute Gasteiger partial charge is 0.451 e. The molecule has 2 aromatic heterocycles. The van der Waals surface area contributed by atoms with Gasteiger partial charge in [-0.25, -0.2) is 0 Å². The lowest BCUT2D eigenvalue weighted by Crippen LogP contribution is -2.34. The summed E-state index contributed by atoms with van der Waals surface area (Å²) in [6, 6.07) is 12.2. The Kier molecular flexibility index (Phi) is 4.78. The molecule has 3 rings (SSSR count). The van der Waals surface area contributed by atoms with E-state index in [-0.39, 0.29) is 23.1 Å². The summed E-state index contributed by atoms with van der Waals surface area (Å²) in [6.07, 6.45) is 0. The molecule has 1 amide bonds. The second-order valence-electron chi connectivity index (χ2n) is 5.68. The molecule has 24 heavy (non-hydrogen) atoms. The number of hydrogen-bond acceptors (Lipinski definition) is 5. The molecule has 0 spiro atoms. The number of carbonyl (C=O) groups excluding carboxylic acids is 1. The predicted octanol–water partition coefficient (Wildman–Crippen LogP) is 2.89.